The molecular formula is C39H47F4N9O3. The molecule has 1 aliphatic heterocycles. The molecular weight excluding hydrogens is 718 g/mol. The summed E-state index contributed by atoms with van der Waals surface area (Å²) >= 11 is 0. The maximum atomic E-state index is 15.3. The van der Waals surface area contributed by atoms with E-state index in [4.69, 9.17) is 21.2 Å². The highest BCUT2D eigenvalue weighted by molar-refractivity contribution is 6.15. The van der Waals surface area contributed by atoms with Crippen LogP contribution in [0.4, 0.5) is 23.4 Å². The minimum Gasteiger partial charge on any atom is -0.508 e. The average Bonchev–Trinajstić information content (AvgIpc) is 3.76. The van der Waals surface area contributed by atoms with Crippen LogP contribution in [0.1, 0.15) is 42.1 Å². The number of halogens is 4. The van der Waals surface area contributed by atoms with Gasteiger partial charge >= 0.3 is 6.01 Å². The third-order valence-electron chi connectivity index (χ3n) is 9.49. The van der Waals surface area contributed by atoms with E-state index >= 15 is 8.78 Å². The van der Waals surface area contributed by atoms with E-state index in [1.807, 2.05) is 0 Å². The summed E-state index contributed by atoms with van der Waals surface area (Å²) in [7, 11) is 6.50. The molecule has 0 bridgehead atoms. The first-order valence-electron chi connectivity index (χ1n) is 17.7. The highest BCUT2D eigenvalue weighted by atomic mass is 19.3. The third kappa shape index (κ3) is 8.74. The van der Waals surface area contributed by atoms with Crippen LogP contribution < -0.4 is 21.1 Å². The number of fused-ring (bicyclic) bond motifs is 1. The number of nitrogens with zero attached hydrogens (tertiary/aromatic N) is 7. The number of carbonyl (C=O) groups is 1. The summed E-state index contributed by atoms with van der Waals surface area (Å²) in [6.07, 6.45) is 4.50. The number of nitrogens with two attached hydrogens (primary N) is 2. The number of allylic oxidation sites excluding steroid dienone is 1. The first kappa shape index (κ1) is 40.7. The molecule has 2 aliphatic rings. The SMILES string of the molecule is C=C(N=C(/C=C\N)c1c(CF)nc(OCC2(CN(C)C)CC2(F)F)nc1N1CCCN=C(/C=C(\N)C(=O)N(C)C)C1)c1cc(O)cc2ccc(F)c(CC)c12. The number of likely N-dealkylation sites (N-methyl/N-ethyl adjacent to an activating group) is 1. The van der Waals surface area contributed by atoms with Gasteiger partial charge in [0.15, 0.2) is 0 Å². The standard InChI is InChI=1S/C39H47F4N9O3/c1-7-27-29(41)10-9-24-15-26(53)17-28(33(24)27)23(2)47-31(11-12-44)34-32(18-40)48-37(55-22-38(21-50(3)4)20-39(38,42)43)49-35(34)52-14-8-13-46-25(19-52)16-30(45)36(54)51(5)6/h9-12,15-17,53H,2,7-8,13-14,18-22,44-45H2,1,3-6H3/b12-11-,30-16-,47-31?. The molecule has 1 aromatic heterocycles. The summed E-state index contributed by atoms with van der Waals surface area (Å²) in [5.41, 5.74) is 11.7. The van der Waals surface area contributed by atoms with Crippen LogP contribution in [0.15, 0.2) is 64.9 Å². The Morgan fingerprint density at radius 1 is 1.20 bits per heavy atom. The van der Waals surface area contributed by atoms with Gasteiger partial charge in [0.2, 0.25) is 0 Å². The number of hydrogen-bond acceptors (Lipinski definition) is 11. The fourth-order valence-electron chi connectivity index (χ4n) is 6.81. The van der Waals surface area contributed by atoms with E-state index in [1.54, 1.807) is 51.0 Å². The Kier molecular flexibility index (Phi) is 12.2. The molecule has 1 amide bonds. The fourth-order valence-corrected chi connectivity index (χ4v) is 6.81. The maximum Gasteiger partial charge on any atom is 0.318 e. The highest BCUT2D eigenvalue weighted by Gasteiger charge is 2.71. The van der Waals surface area contributed by atoms with Crippen molar-refractivity contribution in [3.05, 3.63) is 83.1 Å². The van der Waals surface area contributed by atoms with Crippen LogP contribution in [0.3, 0.4) is 0 Å². The van der Waals surface area contributed by atoms with Crippen molar-refractivity contribution in [1.29, 1.82) is 0 Å². The number of alkyl halides is 3. The number of aryl methyl sites for hydroxylation is 1. The van der Waals surface area contributed by atoms with Gasteiger partial charge in [0, 0.05) is 45.7 Å². The molecule has 12 nitrogen and oxygen atoms in total. The molecule has 2 aromatic carbocycles. The Morgan fingerprint density at radius 3 is 2.55 bits per heavy atom. The number of amides is 1. The lowest BCUT2D eigenvalue weighted by Gasteiger charge is -2.26. The van der Waals surface area contributed by atoms with Gasteiger partial charge in [-0.1, -0.05) is 19.6 Å². The molecule has 2 heterocycles. The van der Waals surface area contributed by atoms with Gasteiger partial charge < -0.3 is 36.0 Å². The summed E-state index contributed by atoms with van der Waals surface area (Å²) < 4.78 is 65.6. The van der Waals surface area contributed by atoms with Crippen molar-refractivity contribution in [2.24, 2.45) is 26.9 Å². The Bertz CT molecular complexity index is 2100. The van der Waals surface area contributed by atoms with Crippen LogP contribution in [0.5, 0.6) is 11.8 Å². The third-order valence-corrected chi connectivity index (χ3v) is 9.49. The second-order valence-electron chi connectivity index (χ2n) is 14.2. The normalized spacial score (nSPS) is 18.8. The van der Waals surface area contributed by atoms with Crippen molar-refractivity contribution in [2.45, 2.75) is 38.8 Å². The molecule has 16 heteroatoms. The minimum atomic E-state index is -2.97. The zero-order chi connectivity index (χ0) is 40.2. The number of phenols is 1. The number of ether oxygens (including phenoxy) is 1. The van der Waals surface area contributed by atoms with E-state index in [0.717, 1.165) is 0 Å². The lowest BCUT2D eigenvalue weighted by atomic mass is 9.95. The topological polar surface area (TPSA) is 159 Å². The van der Waals surface area contributed by atoms with Gasteiger partial charge in [-0.3, -0.25) is 9.79 Å². The van der Waals surface area contributed by atoms with E-state index in [9.17, 15) is 18.7 Å². The molecule has 0 radical (unpaired) electrons. The molecule has 294 valence electrons. The molecule has 1 aliphatic carbocycles. The van der Waals surface area contributed by atoms with E-state index in [2.05, 4.69) is 21.5 Å². The quantitative estimate of drug-likeness (QED) is 0.117. The molecule has 5 N–H and O–H groups in total. The molecule has 1 unspecified atom stereocenters. The zero-order valence-corrected chi connectivity index (χ0v) is 31.7. The summed E-state index contributed by atoms with van der Waals surface area (Å²) in [4.78, 5) is 35.7. The summed E-state index contributed by atoms with van der Waals surface area (Å²) in [6, 6.07) is 5.46. The molecule has 55 heavy (non-hydrogen) atoms. The van der Waals surface area contributed by atoms with Crippen LogP contribution in [-0.2, 0) is 17.9 Å². The smallest absolute Gasteiger partial charge is 0.318 e. The largest absolute Gasteiger partial charge is 0.508 e. The zero-order valence-electron chi connectivity index (χ0n) is 31.7. The first-order valence-corrected chi connectivity index (χ1v) is 17.7. The van der Waals surface area contributed by atoms with E-state index in [0.29, 0.717) is 53.5 Å². The molecule has 1 saturated carbocycles. The van der Waals surface area contributed by atoms with Crippen molar-refractivity contribution >= 4 is 39.6 Å². The molecule has 1 atom stereocenters. The van der Waals surface area contributed by atoms with Gasteiger partial charge in [0.1, 0.15) is 30.7 Å². The number of carbonyl (C=O) groups excluding carboxylic acids is 1. The highest BCUT2D eigenvalue weighted by Crippen LogP contribution is 2.60. The number of anilines is 1. The van der Waals surface area contributed by atoms with E-state index in [1.165, 1.54) is 41.5 Å². The average molecular weight is 766 g/mol. The predicted molar refractivity (Wildman–Crippen MR) is 207 cm³/mol. The Labute approximate surface area is 317 Å². The number of benzene rings is 2. The Morgan fingerprint density at radius 2 is 1.93 bits per heavy atom. The second kappa shape index (κ2) is 16.5. The van der Waals surface area contributed by atoms with Gasteiger partial charge in [-0.05, 0) is 79.8 Å². The maximum absolute atomic E-state index is 15.3. The second-order valence-corrected chi connectivity index (χ2v) is 14.2. The van der Waals surface area contributed by atoms with E-state index in [-0.39, 0.29) is 59.0 Å². The van der Waals surface area contributed by atoms with Gasteiger partial charge in [-0.2, -0.15) is 9.97 Å². The van der Waals surface area contributed by atoms with Crippen LogP contribution >= 0.6 is 0 Å². The molecule has 0 saturated heterocycles. The number of aliphatic imine (C=N–C) groups is 2. The van der Waals surface area contributed by atoms with Gasteiger partial charge in [0.05, 0.1) is 46.0 Å². The van der Waals surface area contributed by atoms with Crippen LogP contribution in [0.25, 0.3) is 16.5 Å². The van der Waals surface area contributed by atoms with Crippen molar-refractivity contribution in [1.82, 2.24) is 19.8 Å². The van der Waals surface area contributed by atoms with Gasteiger partial charge in [-0.25, -0.2) is 22.6 Å². The lowest BCUT2D eigenvalue weighted by molar-refractivity contribution is -0.124. The molecule has 5 rings (SSSR count). The Balaban J connectivity index is 1.68. The molecule has 3 aromatic rings. The van der Waals surface area contributed by atoms with Crippen molar-refractivity contribution in [3.8, 4) is 11.8 Å². The number of rotatable bonds is 14. The first-order chi connectivity index (χ1) is 26.0. The van der Waals surface area contributed by atoms with E-state index < -0.39 is 42.8 Å². The molecule has 0 spiro atoms. The van der Waals surface area contributed by atoms with Crippen LogP contribution in [0.2, 0.25) is 0 Å². The predicted octanol–water partition coefficient (Wildman–Crippen LogP) is 4.99. The number of phenolic OH excluding ortho intramolecular Hbond substituents is 1. The Hall–Kier alpha value is -5.51. The van der Waals surface area contributed by atoms with Gasteiger partial charge in [-0.15, -0.1) is 0 Å². The summed E-state index contributed by atoms with van der Waals surface area (Å²) in [5, 5.41) is 11.7. The number of hydrogen-bond donors (Lipinski definition) is 3. The van der Waals surface area contributed by atoms with Crippen molar-refractivity contribution in [2.75, 3.05) is 65.9 Å². The van der Waals surface area contributed by atoms with Crippen molar-refractivity contribution < 1.29 is 32.2 Å². The van der Waals surface area contributed by atoms with Crippen LogP contribution in [-0.4, -0.2) is 109 Å². The summed E-state index contributed by atoms with van der Waals surface area (Å²) in [6.45, 7) is 5.17. The fraction of sp³-hybridized carbons (Fsp3) is 0.410. The van der Waals surface area contributed by atoms with Crippen molar-refractivity contribution in [3.63, 3.8) is 0 Å². The number of aromatic hydroxyl groups is 1. The monoisotopic (exact) mass is 765 g/mol. The van der Waals surface area contributed by atoms with Crippen LogP contribution in [0, 0.1) is 11.2 Å². The lowest BCUT2D eigenvalue weighted by Crippen LogP contribution is -2.34. The summed E-state index contributed by atoms with van der Waals surface area (Å²) in [5.74, 6) is -3.83. The minimum absolute atomic E-state index is 0.0415. The molecule has 1 fully saturated rings. The number of aromatic nitrogens is 2. The van der Waals surface area contributed by atoms with Gasteiger partial charge in [0.25, 0.3) is 11.8 Å².